The summed E-state index contributed by atoms with van der Waals surface area (Å²) in [6, 6.07) is 8.95. The van der Waals surface area contributed by atoms with E-state index in [0.717, 1.165) is 32.1 Å². The lowest BCUT2D eigenvalue weighted by Crippen LogP contribution is -2.27. The molecule has 210 valence electrons. The second-order valence-corrected chi connectivity index (χ2v) is 12.4. The van der Waals surface area contributed by atoms with E-state index >= 15 is 0 Å². The maximum absolute atomic E-state index is 4.27. The molecule has 0 aromatic heterocycles. The maximum Gasteiger partial charge on any atom is 0.0187 e. The van der Waals surface area contributed by atoms with Crippen molar-refractivity contribution in [1.82, 2.24) is 0 Å². The fourth-order valence-corrected chi connectivity index (χ4v) is 6.73. The number of benzene rings is 1. The van der Waals surface area contributed by atoms with Crippen LogP contribution in [0.15, 0.2) is 139 Å². The van der Waals surface area contributed by atoms with Crippen LogP contribution in [0.2, 0.25) is 0 Å². The topological polar surface area (TPSA) is 0 Å². The minimum atomic E-state index is -0.121. The first kappa shape index (κ1) is 31.2. The molecule has 1 aromatic carbocycles. The Bertz CT molecular complexity index is 1340. The second-order valence-electron chi connectivity index (χ2n) is 12.4. The molecule has 0 heteroatoms. The normalized spacial score (nSPS) is 23.2. The average molecular weight is 531 g/mol. The Morgan fingerprint density at radius 3 is 1.90 bits per heavy atom. The molecule has 0 saturated carbocycles. The molecule has 0 aliphatic heterocycles. The first-order valence-corrected chi connectivity index (χ1v) is 14.9. The molecule has 0 heterocycles. The van der Waals surface area contributed by atoms with Gasteiger partial charge >= 0.3 is 0 Å². The van der Waals surface area contributed by atoms with Crippen molar-refractivity contribution in [2.75, 3.05) is 0 Å². The van der Waals surface area contributed by atoms with Crippen molar-refractivity contribution in [2.24, 2.45) is 10.8 Å². The van der Waals surface area contributed by atoms with Crippen molar-refractivity contribution in [3.8, 4) is 0 Å². The molecule has 0 nitrogen and oxygen atoms in total. The van der Waals surface area contributed by atoms with E-state index in [2.05, 4.69) is 129 Å². The highest BCUT2D eigenvalue weighted by molar-refractivity contribution is 5.87. The van der Waals surface area contributed by atoms with Crippen LogP contribution in [0.3, 0.4) is 0 Å². The van der Waals surface area contributed by atoms with Crippen LogP contribution in [-0.4, -0.2) is 0 Å². The number of hydrogen-bond acceptors (Lipinski definition) is 0. The van der Waals surface area contributed by atoms with Crippen molar-refractivity contribution in [1.29, 1.82) is 0 Å². The van der Waals surface area contributed by atoms with Crippen LogP contribution in [0, 0.1) is 10.8 Å². The highest BCUT2D eigenvalue weighted by Gasteiger charge is 2.42. The van der Waals surface area contributed by atoms with Crippen LogP contribution in [-0.2, 0) is 5.41 Å². The van der Waals surface area contributed by atoms with Crippen molar-refractivity contribution >= 4 is 5.57 Å². The van der Waals surface area contributed by atoms with Gasteiger partial charge in [0.05, 0.1) is 0 Å². The van der Waals surface area contributed by atoms with Crippen LogP contribution in [0.25, 0.3) is 5.57 Å². The molecular formula is C40H50. The van der Waals surface area contributed by atoms with Gasteiger partial charge in [-0.15, -0.1) is 0 Å². The minimum absolute atomic E-state index is 0.0416. The molecule has 0 N–H and O–H groups in total. The van der Waals surface area contributed by atoms with Gasteiger partial charge in [-0.1, -0.05) is 146 Å². The Hall–Kier alpha value is -3.38. The number of rotatable bonds is 14. The summed E-state index contributed by atoms with van der Waals surface area (Å²) in [5.74, 6) is 0. The van der Waals surface area contributed by atoms with E-state index in [1.165, 1.54) is 44.6 Å². The third-order valence-corrected chi connectivity index (χ3v) is 9.22. The fourth-order valence-electron chi connectivity index (χ4n) is 6.73. The van der Waals surface area contributed by atoms with E-state index in [4.69, 9.17) is 0 Å². The van der Waals surface area contributed by atoms with Crippen LogP contribution in [0.1, 0.15) is 84.8 Å². The third kappa shape index (κ3) is 5.73. The molecule has 3 rings (SSSR count). The zero-order valence-electron chi connectivity index (χ0n) is 25.9. The smallest absolute Gasteiger partial charge is 0.0187 e. The van der Waals surface area contributed by atoms with Gasteiger partial charge in [0.1, 0.15) is 0 Å². The predicted molar refractivity (Wildman–Crippen MR) is 179 cm³/mol. The van der Waals surface area contributed by atoms with E-state index in [-0.39, 0.29) is 16.2 Å². The standard InChI is InChI=1S/C40H50/c1-11-17-22-32-33-23-19-20-25-37(33)39(9,34(32)16-6)28-26-38(7,8)27-29-40(10)35(21-13-3)30(14-4)31(15-5)36(40)24-18-12-2/h12-25H,2,4-6,11,26-29H2,1,3,7-10H3/b21-13-,22-17-,24-18-. The van der Waals surface area contributed by atoms with E-state index in [9.17, 15) is 0 Å². The summed E-state index contributed by atoms with van der Waals surface area (Å²) in [5, 5.41) is 0. The SMILES string of the molecule is C=C/C=C\C1=C(C=C)C(C=C)=C(/C=C\C)C1(C)CCC(C)(C)CCC1(C)C(C=C)=C(/C=C\CC)c2ccccc21. The molecule has 0 fully saturated rings. The van der Waals surface area contributed by atoms with Gasteiger partial charge < -0.3 is 0 Å². The van der Waals surface area contributed by atoms with Crippen molar-refractivity contribution in [3.05, 3.63) is 150 Å². The zero-order chi connectivity index (χ0) is 29.6. The molecule has 0 amide bonds. The largest absolute Gasteiger partial charge is 0.0991 e. The number of allylic oxidation sites excluding steroid dienone is 16. The van der Waals surface area contributed by atoms with Crippen LogP contribution < -0.4 is 0 Å². The molecule has 0 radical (unpaired) electrons. The van der Waals surface area contributed by atoms with Crippen molar-refractivity contribution in [3.63, 3.8) is 0 Å². The second kappa shape index (κ2) is 12.9. The van der Waals surface area contributed by atoms with Crippen LogP contribution >= 0.6 is 0 Å². The quantitative estimate of drug-likeness (QED) is 0.210. The molecule has 2 aliphatic rings. The van der Waals surface area contributed by atoms with Gasteiger partial charge in [-0.2, -0.15) is 0 Å². The summed E-state index contributed by atoms with van der Waals surface area (Å²) in [6.45, 7) is 30.5. The maximum atomic E-state index is 4.27. The van der Waals surface area contributed by atoms with E-state index in [0.29, 0.717) is 0 Å². The van der Waals surface area contributed by atoms with Crippen LogP contribution in [0.5, 0.6) is 0 Å². The lowest BCUT2D eigenvalue weighted by Gasteiger charge is -2.37. The van der Waals surface area contributed by atoms with Crippen molar-refractivity contribution in [2.45, 2.75) is 79.1 Å². The van der Waals surface area contributed by atoms with Gasteiger partial charge in [-0.3, -0.25) is 0 Å². The molecule has 0 spiro atoms. The Balaban J connectivity index is 1.93. The van der Waals surface area contributed by atoms with Crippen molar-refractivity contribution < 1.29 is 0 Å². The molecule has 0 saturated heterocycles. The summed E-state index contributed by atoms with van der Waals surface area (Å²) in [5.41, 5.74) is 10.5. The fraction of sp³-hybridized carbons (Fsp3) is 0.350. The van der Waals surface area contributed by atoms with Gasteiger partial charge in [0.15, 0.2) is 0 Å². The van der Waals surface area contributed by atoms with E-state index in [1.54, 1.807) is 0 Å². The van der Waals surface area contributed by atoms with E-state index < -0.39 is 0 Å². The third-order valence-electron chi connectivity index (χ3n) is 9.22. The van der Waals surface area contributed by atoms with Gasteiger partial charge in [0.25, 0.3) is 0 Å². The molecular weight excluding hydrogens is 480 g/mol. The summed E-state index contributed by atoms with van der Waals surface area (Å²) < 4.78 is 0. The van der Waals surface area contributed by atoms with E-state index in [1.807, 2.05) is 24.3 Å². The van der Waals surface area contributed by atoms with Gasteiger partial charge in [-0.05, 0) is 89.0 Å². The molecule has 0 bridgehead atoms. The first-order chi connectivity index (χ1) is 19.1. The summed E-state index contributed by atoms with van der Waals surface area (Å²) in [4.78, 5) is 0. The average Bonchev–Trinajstić information content (AvgIpc) is 3.33. The van der Waals surface area contributed by atoms with Gasteiger partial charge in [-0.25, -0.2) is 0 Å². The lowest BCUT2D eigenvalue weighted by molar-refractivity contribution is 0.241. The highest BCUT2D eigenvalue weighted by atomic mass is 14.5. The molecule has 2 unspecified atom stereocenters. The van der Waals surface area contributed by atoms with Gasteiger partial charge in [0.2, 0.25) is 0 Å². The Labute approximate surface area is 245 Å². The van der Waals surface area contributed by atoms with Crippen LogP contribution in [0.4, 0.5) is 0 Å². The Morgan fingerprint density at radius 1 is 0.750 bits per heavy atom. The number of hydrogen-bond donors (Lipinski definition) is 0. The summed E-state index contributed by atoms with van der Waals surface area (Å²) in [6.07, 6.45) is 26.6. The molecule has 40 heavy (non-hydrogen) atoms. The Morgan fingerprint density at radius 2 is 1.35 bits per heavy atom. The summed E-state index contributed by atoms with van der Waals surface area (Å²) >= 11 is 0. The predicted octanol–water partition coefficient (Wildman–Crippen LogP) is 11.8. The Kier molecular flexibility index (Phi) is 10.0. The molecule has 2 atom stereocenters. The zero-order valence-corrected chi connectivity index (χ0v) is 25.9. The monoisotopic (exact) mass is 530 g/mol. The lowest BCUT2D eigenvalue weighted by atomic mass is 9.67. The first-order valence-electron chi connectivity index (χ1n) is 14.9. The number of fused-ring (bicyclic) bond motifs is 1. The minimum Gasteiger partial charge on any atom is -0.0991 e. The molecule has 1 aromatic rings. The summed E-state index contributed by atoms with van der Waals surface area (Å²) in [7, 11) is 0. The highest BCUT2D eigenvalue weighted by Crippen LogP contribution is 2.55. The van der Waals surface area contributed by atoms with Gasteiger partial charge in [0, 0.05) is 10.8 Å². The molecule has 2 aliphatic carbocycles.